The Morgan fingerprint density at radius 1 is 1.21 bits per heavy atom. The van der Waals surface area contributed by atoms with Gasteiger partial charge in [-0.05, 0) is 49.9 Å². The average molecular weight is 328 g/mol. The zero-order valence-corrected chi connectivity index (χ0v) is 13.9. The van der Waals surface area contributed by atoms with E-state index in [1.54, 1.807) is 0 Å². The van der Waals surface area contributed by atoms with Crippen LogP contribution < -0.4 is 5.32 Å². The molecular weight excluding hydrogens is 302 g/mol. The third-order valence-electron chi connectivity index (χ3n) is 3.13. The van der Waals surface area contributed by atoms with Gasteiger partial charge in [-0.25, -0.2) is 0 Å². The minimum Gasteiger partial charge on any atom is -0.382 e. The van der Waals surface area contributed by atoms with E-state index in [1.165, 1.54) is 5.56 Å². The molecule has 0 aromatic heterocycles. The minimum absolute atomic E-state index is 0.541. The topological polar surface area (TPSA) is 21.3 Å². The van der Waals surface area contributed by atoms with Gasteiger partial charge in [-0.2, -0.15) is 0 Å². The molecule has 108 valence electrons. The first kappa shape index (κ1) is 16.7. The molecule has 0 amide bonds. The maximum absolute atomic E-state index is 5.49. The molecule has 0 spiro atoms. The van der Waals surface area contributed by atoms with Crippen molar-refractivity contribution in [1.29, 1.82) is 0 Å². The highest BCUT2D eigenvalue weighted by Crippen LogP contribution is 2.16. The number of nitrogens with one attached hydrogen (secondary N) is 1. The Labute approximate surface area is 126 Å². The second-order valence-electron chi connectivity index (χ2n) is 5.25. The van der Waals surface area contributed by atoms with E-state index in [4.69, 9.17) is 4.74 Å². The lowest BCUT2D eigenvalue weighted by Crippen LogP contribution is -2.30. The van der Waals surface area contributed by atoms with E-state index < -0.39 is 0 Å². The molecule has 1 unspecified atom stereocenters. The van der Waals surface area contributed by atoms with Gasteiger partial charge < -0.3 is 10.1 Å². The normalized spacial score (nSPS) is 12.9. The van der Waals surface area contributed by atoms with E-state index in [0.717, 1.165) is 37.1 Å². The number of hydrogen-bond donors (Lipinski definition) is 1. The van der Waals surface area contributed by atoms with Crippen molar-refractivity contribution < 1.29 is 4.74 Å². The Kier molecular flexibility index (Phi) is 8.35. The van der Waals surface area contributed by atoms with Crippen molar-refractivity contribution in [3.63, 3.8) is 0 Å². The predicted molar refractivity (Wildman–Crippen MR) is 85.6 cm³/mol. The molecule has 0 heterocycles. The number of ether oxygens (including phenoxy) is 1. The van der Waals surface area contributed by atoms with E-state index in [1.807, 2.05) is 0 Å². The highest BCUT2D eigenvalue weighted by Gasteiger charge is 2.10. The van der Waals surface area contributed by atoms with E-state index in [0.29, 0.717) is 12.0 Å². The summed E-state index contributed by atoms with van der Waals surface area (Å²) in [6.07, 6.45) is 2.23. The molecule has 2 nitrogen and oxygen atoms in total. The Hall–Kier alpha value is -0.380. The van der Waals surface area contributed by atoms with Crippen LogP contribution in [0.4, 0.5) is 0 Å². The summed E-state index contributed by atoms with van der Waals surface area (Å²) in [5.74, 6) is 0.634. The fraction of sp³-hybridized carbons (Fsp3) is 0.625. The molecule has 1 rings (SSSR count). The molecule has 0 aliphatic rings. The van der Waals surface area contributed by atoms with Gasteiger partial charge in [0.1, 0.15) is 0 Å². The summed E-state index contributed by atoms with van der Waals surface area (Å²) in [5, 5.41) is 3.54. The van der Waals surface area contributed by atoms with Crippen LogP contribution >= 0.6 is 15.9 Å². The zero-order chi connectivity index (χ0) is 14.1. The van der Waals surface area contributed by atoms with Crippen molar-refractivity contribution in [2.75, 3.05) is 19.8 Å². The smallest absolute Gasteiger partial charge is 0.0469 e. The van der Waals surface area contributed by atoms with Crippen LogP contribution in [-0.2, 0) is 11.2 Å². The Balaban J connectivity index is 2.48. The average Bonchev–Trinajstić information content (AvgIpc) is 2.38. The highest BCUT2D eigenvalue weighted by molar-refractivity contribution is 9.10. The van der Waals surface area contributed by atoms with Gasteiger partial charge in [-0.15, -0.1) is 0 Å². The fourth-order valence-corrected chi connectivity index (χ4v) is 2.29. The van der Waals surface area contributed by atoms with Crippen molar-refractivity contribution in [2.24, 2.45) is 5.92 Å². The molecule has 1 aromatic carbocycles. The van der Waals surface area contributed by atoms with Gasteiger partial charge in [0.25, 0.3) is 0 Å². The lowest BCUT2D eigenvalue weighted by Gasteiger charge is -2.19. The molecule has 0 aliphatic carbocycles. The molecule has 0 saturated heterocycles. The van der Waals surface area contributed by atoms with Crippen LogP contribution in [0.1, 0.15) is 32.8 Å². The van der Waals surface area contributed by atoms with E-state index in [2.05, 4.69) is 66.3 Å². The maximum atomic E-state index is 5.49. The van der Waals surface area contributed by atoms with E-state index in [9.17, 15) is 0 Å². The number of hydrogen-bond acceptors (Lipinski definition) is 2. The van der Waals surface area contributed by atoms with Crippen molar-refractivity contribution in [3.05, 3.63) is 34.3 Å². The summed E-state index contributed by atoms with van der Waals surface area (Å²) >= 11 is 3.48. The predicted octanol–water partition coefficient (Wildman–Crippen LogP) is 4.03. The summed E-state index contributed by atoms with van der Waals surface area (Å²) in [6.45, 7) is 9.16. The van der Waals surface area contributed by atoms with Crippen molar-refractivity contribution in [3.8, 4) is 0 Å². The van der Waals surface area contributed by atoms with Gasteiger partial charge in [0.2, 0.25) is 0 Å². The molecule has 0 aliphatic heterocycles. The van der Waals surface area contributed by atoms with Crippen molar-refractivity contribution in [1.82, 2.24) is 5.32 Å². The van der Waals surface area contributed by atoms with Gasteiger partial charge >= 0.3 is 0 Å². The molecule has 0 saturated carbocycles. The largest absolute Gasteiger partial charge is 0.382 e. The zero-order valence-electron chi connectivity index (χ0n) is 12.3. The number of rotatable bonds is 9. The summed E-state index contributed by atoms with van der Waals surface area (Å²) in [5.41, 5.74) is 1.40. The molecule has 3 heteroatoms. The first-order valence-electron chi connectivity index (χ1n) is 7.17. The standard InChI is InChI=1S/C16H26BrNO/c1-4-19-10-9-15(12-18-13(2)3)11-14-5-7-16(17)8-6-14/h5-8,13,15,18H,4,9-12H2,1-3H3. The third-order valence-corrected chi connectivity index (χ3v) is 3.66. The van der Waals surface area contributed by atoms with Crippen LogP contribution in [0.3, 0.4) is 0 Å². The van der Waals surface area contributed by atoms with Crippen LogP contribution in [0.2, 0.25) is 0 Å². The molecular formula is C16H26BrNO. The Morgan fingerprint density at radius 3 is 2.47 bits per heavy atom. The van der Waals surface area contributed by atoms with Crippen LogP contribution in [0.5, 0.6) is 0 Å². The van der Waals surface area contributed by atoms with E-state index in [-0.39, 0.29) is 0 Å². The van der Waals surface area contributed by atoms with Gasteiger partial charge in [0, 0.05) is 23.7 Å². The van der Waals surface area contributed by atoms with Gasteiger partial charge in [-0.1, -0.05) is 41.9 Å². The summed E-state index contributed by atoms with van der Waals surface area (Å²) in [4.78, 5) is 0. The van der Waals surface area contributed by atoms with Crippen molar-refractivity contribution in [2.45, 2.75) is 39.7 Å². The van der Waals surface area contributed by atoms with Gasteiger partial charge in [0.15, 0.2) is 0 Å². The molecule has 1 aromatic rings. The third kappa shape index (κ3) is 7.71. The molecule has 19 heavy (non-hydrogen) atoms. The monoisotopic (exact) mass is 327 g/mol. The lowest BCUT2D eigenvalue weighted by molar-refractivity contribution is 0.131. The minimum atomic E-state index is 0.541. The molecule has 1 atom stereocenters. The maximum Gasteiger partial charge on any atom is 0.0469 e. The summed E-state index contributed by atoms with van der Waals surface area (Å²) in [6, 6.07) is 9.18. The summed E-state index contributed by atoms with van der Waals surface area (Å²) < 4.78 is 6.63. The SMILES string of the molecule is CCOCCC(CNC(C)C)Cc1ccc(Br)cc1. The Bertz CT molecular complexity index is 337. The van der Waals surface area contributed by atoms with E-state index >= 15 is 0 Å². The van der Waals surface area contributed by atoms with Gasteiger partial charge in [0.05, 0.1) is 0 Å². The fourth-order valence-electron chi connectivity index (χ4n) is 2.03. The molecule has 0 bridgehead atoms. The number of benzene rings is 1. The summed E-state index contributed by atoms with van der Waals surface area (Å²) in [7, 11) is 0. The first-order valence-corrected chi connectivity index (χ1v) is 7.96. The van der Waals surface area contributed by atoms with Crippen molar-refractivity contribution >= 4 is 15.9 Å². The lowest BCUT2D eigenvalue weighted by atomic mass is 9.96. The van der Waals surface area contributed by atoms with Crippen LogP contribution in [0, 0.1) is 5.92 Å². The second-order valence-corrected chi connectivity index (χ2v) is 6.16. The molecule has 1 N–H and O–H groups in total. The van der Waals surface area contributed by atoms with Crippen LogP contribution in [0.15, 0.2) is 28.7 Å². The van der Waals surface area contributed by atoms with Crippen LogP contribution in [-0.4, -0.2) is 25.8 Å². The van der Waals surface area contributed by atoms with Crippen LogP contribution in [0.25, 0.3) is 0 Å². The first-order chi connectivity index (χ1) is 9.11. The quantitative estimate of drug-likeness (QED) is 0.691. The molecule has 0 radical (unpaired) electrons. The second kappa shape index (κ2) is 9.51. The highest BCUT2D eigenvalue weighted by atomic mass is 79.9. The number of halogens is 1. The molecule has 0 fully saturated rings. The van der Waals surface area contributed by atoms with Gasteiger partial charge in [-0.3, -0.25) is 0 Å². The Morgan fingerprint density at radius 2 is 1.89 bits per heavy atom.